The van der Waals surface area contributed by atoms with Crippen molar-refractivity contribution in [2.45, 2.75) is 12.3 Å². The summed E-state index contributed by atoms with van der Waals surface area (Å²) in [5.74, 6) is 0.295. The van der Waals surface area contributed by atoms with Crippen LogP contribution in [0.5, 0.6) is 0 Å². The van der Waals surface area contributed by atoms with Crippen molar-refractivity contribution in [3.63, 3.8) is 0 Å². The molecule has 0 bridgehead atoms. The second-order valence-corrected chi connectivity index (χ2v) is 12.0. The molecule has 0 amide bonds. The minimum atomic E-state index is 0.295. The maximum Gasteiger partial charge on any atom is 0.0143 e. The molecule has 194 valence electrons. The van der Waals surface area contributed by atoms with Gasteiger partial charge in [0.05, 0.1) is 0 Å². The van der Waals surface area contributed by atoms with Crippen LogP contribution >= 0.6 is 0 Å². The first kappa shape index (κ1) is 22.5. The average molecular weight is 531 g/mol. The van der Waals surface area contributed by atoms with Crippen LogP contribution in [0.1, 0.15) is 22.6 Å². The lowest BCUT2D eigenvalue weighted by Gasteiger charge is -2.29. The summed E-state index contributed by atoms with van der Waals surface area (Å²) in [4.78, 5) is 0. The van der Waals surface area contributed by atoms with Crippen molar-refractivity contribution in [1.82, 2.24) is 0 Å². The van der Waals surface area contributed by atoms with E-state index in [1.165, 1.54) is 92.1 Å². The van der Waals surface area contributed by atoms with Crippen LogP contribution in [-0.2, 0) is 6.42 Å². The molecule has 0 aromatic heterocycles. The highest BCUT2D eigenvalue weighted by atomic mass is 14.3. The van der Waals surface area contributed by atoms with Crippen molar-refractivity contribution in [2.75, 3.05) is 0 Å². The summed E-state index contributed by atoms with van der Waals surface area (Å²) in [6.07, 6.45) is 1.00. The first-order valence-corrected chi connectivity index (χ1v) is 15.0. The molecular formula is C42H26. The number of hydrogen-bond acceptors (Lipinski definition) is 0. The Morgan fingerprint density at radius 3 is 1.79 bits per heavy atom. The van der Waals surface area contributed by atoms with Gasteiger partial charge in [0.2, 0.25) is 0 Å². The third-order valence-corrected chi connectivity index (χ3v) is 9.93. The Hall–Kier alpha value is -5.20. The summed E-state index contributed by atoms with van der Waals surface area (Å²) < 4.78 is 0. The fraction of sp³-hybridized carbons (Fsp3) is 0.0476. The van der Waals surface area contributed by atoms with Crippen LogP contribution in [0.4, 0.5) is 0 Å². The lowest BCUT2D eigenvalue weighted by Crippen LogP contribution is -2.12. The Labute approximate surface area is 243 Å². The third-order valence-electron chi connectivity index (χ3n) is 9.93. The van der Waals surface area contributed by atoms with Gasteiger partial charge in [0, 0.05) is 5.92 Å². The van der Waals surface area contributed by atoms with E-state index in [9.17, 15) is 0 Å². The van der Waals surface area contributed by atoms with Crippen LogP contribution in [0.3, 0.4) is 0 Å². The molecular weight excluding hydrogens is 504 g/mol. The molecule has 0 heteroatoms. The Bertz CT molecular complexity index is 2600. The molecule has 0 saturated heterocycles. The number of fused-ring (bicyclic) bond motifs is 9. The summed E-state index contributed by atoms with van der Waals surface area (Å²) in [5.41, 5.74) is 4.35. The summed E-state index contributed by atoms with van der Waals surface area (Å²) in [7, 11) is 0. The van der Waals surface area contributed by atoms with Crippen LogP contribution in [0.2, 0.25) is 0 Å². The first-order valence-electron chi connectivity index (χ1n) is 15.0. The lowest BCUT2D eigenvalue weighted by atomic mass is 9.74. The molecule has 9 aromatic rings. The minimum Gasteiger partial charge on any atom is -0.0616 e. The number of benzene rings is 9. The molecule has 0 spiro atoms. The van der Waals surface area contributed by atoms with Crippen molar-refractivity contribution >= 4 is 75.4 Å². The normalized spacial score (nSPS) is 14.8. The second kappa shape index (κ2) is 8.18. The van der Waals surface area contributed by atoms with E-state index in [1.807, 2.05) is 0 Å². The molecule has 0 radical (unpaired) electrons. The van der Waals surface area contributed by atoms with Gasteiger partial charge in [-0.05, 0) is 105 Å². The first-order chi connectivity index (χ1) is 20.8. The van der Waals surface area contributed by atoms with Gasteiger partial charge >= 0.3 is 0 Å². The summed E-state index contributed by atoms with van der Waals surface area (Å²) in [6.45, 7) is 0. The van der Waals surface area contributed by atoms with E-state index < -0.39 is 0 Å². The van der Waals surface area contributed by atoms with E-state index in [2.05, 4.69) is 140 Å². The van der Waals surface area contributed by atoms with Gasteiger partial charge in [0.15, 0.2) is 0 Å². The summed E-state index contributed by atoms with van der Waals surface area (Å²) >= 11 is 0. The standard InChI is InChI=1S/C42H26/c1-4-12-30-25(8-1)11-7-15-33(30)38-24-29-22-28-17-18-34-31-13-5-2-9-26(31)16-19-36(34)40(28)37-21-20-35-32-14-6-3-10-27(32)23-39(38)42(35)41(29)37/h1-23,38H,24H2. The van der Waals surface area contributed by atoms with Crippen LogP contribution < -0.4 is 0 Å². The monoisotopic (exact) mass is 530 g/mol. The maximum atomic E-state index is 2.50. The maximum absolute atomic E-state index is 2.50. The predicted molar refractivity (Wildman–Crippen MR) is 181 cm³/mol. The zero-order valence-corrected chi connectivity index (χ0v) is 23.1. The molecule has 0 nitrogen and oxygen atoms in total. The van der Waals surface area contributed by atoms with Crippen molar-refractivity contribution in [3.05, 3.63) is 156 Å². The van der Waals surface area contributed by atoms with Gasteiger partial charge in [-0.15, -0.1) is 0 Å². The largest absolute Gasteiger partial charge is 0.0616 e. The molecule has 1 unspecified atom stereocenters. The van der Waals surface area contributed by atoms with Gasteiger partial charge in [-0.1, -0.05) is 133 Å². The van der Waals surface area contributed by atoms with Crippen LogP contribution in [0.25, 0.3) is 75.4 Å². The fourth-order valence-corrected chi connectivity index (χ4v) is 8.16. The SMILES string of the molecule is c1ccc2c(C3Cc4cc5ccc6c7ccccc7ccc6c5c5ccc6c7ccccc7cc3c6c45)cccc2c1. The van der Waals surface area contributed by atoms with E-state index in [1.54, 1.807) is 0 Å². The molecule has 10 rings (SSSR count). The molecule has 1 atom stereocenters. The highest BCUT2D eigenvalue weighted by Crippen LogP contribution is 2.49. The molecule has 9 aromatic carbocycles. The molecule has 0 heterocycles. The minimum absolute atomic E-state index is 0.295. The smallest absolute Gasteiger partial charge is 0.0143 e. The molecule has 0 aliphatic heterocycles. The van der Waals surface area contributed by atoms with Crippen molar-refractivity contribution in [1.29, 1.82) is 0 Å². The molecule has 0 N–H and O–H groups in total. The van der Waals surface area contributed by atoms with Crippen LogP contribution in [0.15, 0.2) is 140 Å². The number of rotatable bonds is 1. The molecule has 42 heavy (non-hydrogen) atoms. The van der Waals surface area contributed by atoms with Gasteiger partial charge in [-0.2, -0.15) is 0 Å². The van der Waals surface area contributed by atoms with Crippen molar-refractivity contribution < 1.29 is 0 Å². The van der Waals surface area contributed by atoms with E-state index >= 15 is 0 Å². The Kier molecular flexibility index (Phi) is 4.38. The fourth-order valence-electron chi connectivity index (χ4n) is 8.16. The molecule has 0 saturated carbocycles. The van der Waals surface area contributed by atoms with Crippen LogP contribution in [0, 0.1) is 0 Å². The van der Waals surface area contributed by atoms with Crippen LogP contribution in [-0.4, -0.2) is 0 Å². The van der Waals surface area contributed by atoms with Gasteiger partial charge in [0.1, 0.15) is 0 Å². The predicted octanol–water partition coefficient (Wildman–Crippen LogP) is 11.4. The Morgan fingerprint density at radius 2 is 0.929 bits per heavy atom. The third kappa shape index (κ3) is 2.91. The highest BCUT2D eigenvalue weighted by molar-refractivity contribution is 6.30. The van der Waals surface area contributed by atoms with Gasteiger partial charge in [-0.3, -0.25) is 0 Å². The topological polar surface area (TPSA) is 0 Å². The van der Waals surface area contributed by atoms with E-state index in [4.69, 9.17) is 0 Å². The van der Waals surface area contributed by atoms with E-state index in [0.717, 1.165) is 6.42 Å². The zero-order valence-electron chi connectivity index (χ0n) is 23.1. The second-order valence-electron chi connectivity index (χ2n) is 12.0. The molecule has 1 aliphatic carbocycles. The van der Waals surface area contributed by atoms with Crippen molar-refractivity contribution in [2.24, 2.45) is 0 Å². The van der Waals surface area contributed by atoms with Gasteiger partial charge < -0.3 is 0 Å². The number of hydrogen-bond donors (Lipinski definition) is 0. The Balaban J connectivity index is 1.40. The summed E-state index contributed by atoms with van der Waals surface area (Å²) in [6, 6.07) is 52.6. The molecule has 0 fully saturated rings. The molecule has 1 aliphatic rings. The van der Waals surface area contributed by atoms with E-state index in [-0.39, 0.29) is 0 Å². The highest BCUT2D eigenvalue weighted by Gasteiger charge is 2.28. The quantitative estimate of drug-likeness (QED) is 0.185. The Morgan fingerprint density at radius 1 is 0.333 bits per heavy atom. The van der Waals surface area contributed by atoms with Gasteiger partial charge in [-0.25, -0.2) is 0 Å². The average Bonchev–Trinajstić information content (AvgIpc) is 3.05. The summed E-state index contributed by atoms with van der Waals surface area (Å²) in [5, 5.41) is 19.0. The zero-order chi connectivity index (χ0) is 27.4. The van der Waals surface area contributed by atoms with Crippen molar-refractivity contribution in [3.8, 4) is 0 Å². The lowest BCUT2D eigenvalue weighted by molar-refractivity contribution is 0.819. The van der Waals surface area contributed by atoms with Gasteiger partial charge in [0.25, 0.3) is 0 Å². The van der Waals surface area contributed by atoms with E-state index in [0.29, 0.717) is 5.92 Å².